The fourth-order valence-electron chi connectivity index (χ4n) is 2.80. The fourth-order valence-corrected chi connectivity index (χ4v) is 2.80. The summed E-state index contributed by atoms with van der Waals surface area (Å²) in [6.45, 7) is 0. The molecule has 3 atom stereocenters. The van der Waals surface area contributed by atoms with Crippen LogP contribution in [0.3, 0.4) is 0 Å². The molecule has 0 spiro atoms. The van der Waals surface area contributed by atoms with Crippen LogP contribution in [0.2, 0.25) is 0 Å². The van der Waals surface area contributed by atoms with Gasteiger partial charge >= 0.3 is 6.18 Å². The SMILES string of the molecule is CNC1(C(F)(F)F)CCCC2CC21. The van der Waals surface area contributed by atoms with E-state index in [4.69, 9.17) is 0 Å². The van der Waals surface area contributed by atoms with E-state index in [1.807, 2.05) is 0 Å². The predicted molar refractivity (Wildman–Crippen MR) is 43.3 cm³/mol. The van der Waals surface area contributed by atoms with Crippen molar-refractivity contribution in [2.45, 2.75) is 37.4 Å². The van der Waals surface area contributed by atoms with Crippen molar-refractivity contribution in [2.24, 2.45) is 11.8 Å². The average molecular weight is 193 g/mol. The van der Waals surface area contributed by atoms with Crippen LogP contribution in [0, 0.1) is 11.8 Å². The maximum atomic E-state index is 12.8. The van der Waals surface area contributed by atoms with Gasteiger partial charge in [0.1, 0.15) is 5.54 Å². The van der Waals surface area contributed by atoms with Crippen LogP contribution >= 0.6 is 0 Å². The maximum Gasteiger partial charge on any atom is 0.406 e. The Kier molecular flexibility index (Phi) is 1.88. The van der Waals surface area contributed by atoms with Gasteiger partial charge in [0.05, 0.1) is 0 Å². The van der Waals surface area contributed by atoms with Gasteiger partial charge in [0.25, 0.3) is 0 Å². The second kappa shape index (κ2) is 2.62. The molecule has 2 saturated carbocycles. The number of alkyl halides is 3. The standard InChI is InChI=1S/C9H14F3N/c1-13-8(9(10,11)12)4-2-3-6-5-7(6)8/h6-7,13H,2-5H2,1H3. The van der Waals surface area contributed by atoms with Crippen molar-refractivity contribution in [1.29, 1.82) is 0 Å². The van der Waals surface area contributed by atoms with Crippen LogP contribution < -0.4 is 5.32 Å². The summed E-state index contributed by atoms with van der Waals surface area (Å²) < 4.78 is 38.4. The van der Waals surface area contributed by atoms with Crippen molar-refractivity contribution in [3.63, 3.8) is 0 Å². The van der Waals surface area contributed by atoms with Crippen LogP contribution in [0.4, 0.5) is 13.2 Å². The van der Waals surface area contributed by atoms with Gasteiger partial charge < -0.3 is 5.32 Å². The molecule has 1 nitrogen and oxygen atoms in total. The summed E-state index contributed by atoms with van der Waals surface area (Å²) in [5, 5.41) is 2.52. The second-order valence-electron chi connectivity index (χ2n) is 4.21. The third-order valence-electron chi connectivity index (χ3n) is 3.65. The van der Waals surface area contributed by atoms with Gasteiger partial charge in [-0.15, -0.1) is 0 Å². The van der Waals surface area contributed by atoms with Gasteiger partial charge in [0.2, 0.25) is 0 Å². The Morgan fingerprint density at radius 1 is 1.38 bits per heavy atom. The second-order valence-corrected chi connectivity index (χ2v) is 4.21. The highest BCUT2D eigenvalue weighted by Gasteiger charge is 2.66. The summed E-state index contributed by atoms with van der Waals surface area (Å²) in [6.07, 6.45) is -1.36. The molecule has 0 amide bonds. The Hall–Kier alpha value is -0.250. The van der Waals surface area contributed by atoms with Crippen LogP contribution in [-0.4, -0.2) is 18.8 Å². The van der Waals surface area contributed by atoms with Crippen molar-refractivity contribution in [2.75, 3.05) is 7.05 Å². The van der Waals surface area contributed by atoms with Crippen molar-refractivity contribution >= 4 is 0 Å². The lowest BCUT2D eigenvalue weighted by molar-refractivity contribution is -0.209. The first-order chi connectivity index (χ1) is 6.01. The summed E-state index contributed by atoms with van der Waals surface area (Å²) in [7, 11) is 1.44. The van der Waals surface area contributed by atoms with Crippen molar-refractivity contribution in [1.82, 2.24) is 5.32 Å². The summed E-state index contributed by atoms with van der Waals surface area (Å²) in [6, 6.07) is 0. The number of nitrogens with one attached hydrogen (secondary N) is 1. The number of halogens is 3. The smallest absolute Gasteiger partial charge is 0.306 e. The molecule has 0 aromatic carbocycles. The van der Waals surface area contributed by atoms with Gasteiger partial charge in [0, 0.05) is 0 Å². The Bertz CT molecular complexity index is 213. The highest BCUT2D eigenvalue weighted by molar-refractivity contribution is 5.12. The number of hydrogen-bond acceptors (Lipinski definition) is 1. The first kappa shape index (κ1) is 9.31. The summed E-state index contributed by atoms with van der Waals surface area (Å²) >= 11 is 0. The lowest BCUT2D eigenvalue weighted by atomic mass is 9.81. The average Bonchev–Trinajstić information content (AvgIpc) is 2.79. The first-order valence-corrected chi connectivity index (χ1v) is 4.77. The zero-order chi connectivity index (χ0) is 9.69. The predicted octanol–water partition coefficient (Wildman–Crippen LogP) is 2.33. The highest BCUT2D eigenvalue weighted by atomic mass is 19.4. The molecular weight excluding hydrogens is 179 g/mol. The maximum absolute atomic E-state index is 12.8. The van der Waals surface area contributed by atoms with E-state index in [9.17, 15) is 13.2 Å². The molecule has 2 fully saturated rings. The minimum atomic E-state index is -4.08. The third-order valence-corrected chi connectivity index (χ3v) is 3.65. The van der Waals surface area contributed by atoms with Crippen molar-refractivity contribution in [3.8, 4) is 0 Å². The number of fused-ring (bicyclic) bond motifs is 1. The van der Waals surface area contributed by atoms with E-state index in [0.717, 1.165) is 12.8 Å². The van der Waals surface area contributed by atoms with Crippen LogP contribution in [0.5, 0.6) is 0 Å². The van der Waals surface area contributed by atoms with E-state index in [2.05, 4.69) is 5.32 Å². The molecule has 4 heteroatoms. The van der Waals surface area contributed by atoms with E-state index >= 15 is 0 Å². The van der Waals surface area contributed by atoms with Crippen LogP contribution in [0.25, 0.3) is 0 Å². The molecule has 2 aliphatic carbocycles. The molecule has 0 aromatic heterocycles. The molecule has 0 heterocycles. The Labute approximate surface area is 75.7 Å². The third kappa shape index (κ3) is 1.18. The molecule has 0 saturated heterocycles. The van der Waals surface area contributed by atoms with Gasteiger partial charge in [0.15, 0.2) is 0 Å². The van der Waals surface area contributed by atoms with Gasteiger partial charge in [-0.3, -0.25) is 0 Å². The largest absolute Gasteiger partial charge is 0.406 e. The molecular formula is C9H14F3N. The van der Waals surface area contributed by atoms with Crippen molar-refractivity contribution in [3.05, 3.63) is 0 Å². The number of hydrogen-bond donors (Lipinski definition) is 1. The lowest BCUT2D eigenvalue weighted by Gasteiger charge is -2.38. The van der Waals surface area contributed by atoms with E-state index in [0.29, 0.717) is 12.3 Å². The van der Waals surface area contributed by atoms with Gasteiger partial charge in [-0.25, -0.2) is 0 Å². The normalized spacial score (nSPS) is 44.3. The molecule has 1 N–H and O–H groups in total. The van der Waals surface area contributed by atoms with Crippen molar-refractivity contribution < 1.29 is 13.2 Å². The Balaban J connectivity index is 2.23. The zero-order valence-electron chi connectivity index (χ0n) is 7.62. The molecule has 0 radical (unpaired) electrons. The van der Waals surface area contributed by atoms with Gasteiger partial charge in [-0.2, -0.15) is 13.2 Å². The highest BCUT2D eigenvalue weighted by Crippen LogP contribution is 2.59. The first-order valence-electron chi connectivity index (χ1n) is 4.77. The minimum absolute atomic E-state index is 0.147. The number of rotatable bonds is 1. The van der Waals surface area contributed by atoms with E-state index < -0.39 is 11.7 Å². The molecule has 0 aromatic rings. The Morgan fingerprint density at radius 3 is 2.54 bits per heavy atom. The molecule has 3 unspecified atom stereocenters. The lowest BCUT2D eigenvalue weighted by Crippen LogP contribution is -2.58. The summed E-state index contributed by atoms with van der Waals surface area (Å²) in [5.41, 5.74) is -1.56. The zero-order valence-corrected chi connectivity index (χ0v) is 7.62. The van der Waals surface area contributed by atoms with E-state index in [1.54, 1.807) is 0 Å². The van der Waals surface area contributed by atoms with E-state index in [-0.39, 0.29) is 12.3 Å². The molecule has 0 bridgehead atoms. The summed E-state index contributed by atoms with van der Waals surface area (Å²) in [5.74, 6) is 0.189. The molecule has 2 aliphatic rings. The van der Waals surface area contributed by atoms with Crippen LogP contribution in [-0.2, 0) is 0 Å². The fraction of sp³-hybridized carbons (Fsp3) is 1.00. The topological polar surface area (TPSA) is 12.0 Å². The monoisotopic (exact) mass is 193 g/mol. The minimum Gasteiger partial charge on any atom is -0.306 e. The van der Waals surface area contributed by atoms with Gasteiger partial charge in [-0.1, -0.05) is 12.8 Å². The molecule has 76 valence electrons. The quantitative estimate of drug-likeness (QED) is 0.674. The van der Waals surface area contributed by atoms with Crippen LogP contribution in [0.15, 0.2) is 0 Å². The molecule has 0 aliphatic heterocycles. The molecule has 2 rings (SSSR count). The molecule has 13 heavy (non-hydrogen) atoms. The Morgan fingerprint density at radius 2 is 2.08 bits per heavy atom. The summed E-state index contributed by atoms with van der Waals surface area (Å²) in [4.78, 5) is 0. The van der Waals surface area contributed by atoms with Gasteiger partial charge in [-0.05, 0) is 31.7 Å². The van der Waals surface area contributed by atoms with E-state index in [1.165, 1.54) is 7.05 Å². The van der Waals surface area contributed by atoms with Crippen LogP contribution in [0.1, 0.15) is 25.7 Å².